The molecule has 0 bridgehead atoms. The van der Waals surface area contributed by atoms with Crippen LogP contribution in [0.5, 0.6) is 0 Å². The molecule has 0 radical (unpaired) electrons. The van der Waals surface area contributed by atoms with Crippen molar-refractivity contribution in [2.24, 2.45) is 0 Å². The van der Waals surface area contributed by atoms with E-state index >= 15 is 0 Å². The molecule has 0 saturated heterocycles. The van der Waals surface area contributed by atoms with Crippen molar-refractivity contribution in [3.05, 3.63) is 105 Å². The van der Waals surface area contributed by atoms with Gasteiger partial charge in [-0.2, -0.15) is 9.61 Å². The third-order valence-electron chi connectivity index (χ3n) is 6.98. The fourth-order valence-electron chi connectivity index (χ4n) is 4.86. The summed E-state index contributed by atoms with van der Waals surface area (Å²) in [5.74, 6) is -0.541. The molecule has 0 aliphatic carbocycles. The number of aryl methyl sites for hydroxylation is 1. The first kappa shape index (κ1) is 28.5. The summed E-state index contributed by atoms with van der Waals surface area (Å²) in [5.41, 5.74) is 3.05. The van der Waals surface area contributed by atoms with Gasteiger partial charge in [-0.05, 0) is 76.3 Å². The van der Waals surface area contributed by atoms with Gasteiger partial charge in [-0.15, -0.1) is 0 Å². The van der Waals surface area contributed by atoms with Gasteiger partial charge in [0, 0.05) is 30.3 Å². The van der Waals surface area contributed by atoms with E-state index in [0.29, 0.717) is 47.7 Å². The van der Waals surface area contributed by atoms with E-state index in [4.69, 9.17) is 11.6 Å². The van der Waals surface area contributed by atoms with E-state index in [1.54, 1.807) is 11.5 Å². The lowest BCUT2D eigenvalue weighted by Gasteiger charge is -2.32. The molecule has 4 aromatic rings. The zero-order chi connectivity index (χ0) is 28.1. The van der Waals surface area contributed by atoms with Crippen LogP contribution in [-0.4, -0.2) is 63.1 Å². The van der Waals surface area contributed by atoms with Crippen LogP contribution >= 0.6 is 11.6 Å². The minimum absolute atomic E-state index is 0.156. The van der Waals surface area contributed by atoms with Crippen LogP contribution in [0.25, 0.3) is 5.52 Å². The maximum absolute atomic E-state index is 13.7. The number of aromatic nitrogens is 3. The number of halogens is 2. The van der Waals surface area contributed by atoms with Gasteiger partial charge >= 0.3 is 5.69 Å². The Morgan fingerprint density at radius 3 is 2.41 bits per heavy atom. The quantitative estimate of drug-likeness (QED) is 0.261. The van der Waals surface area contributed by atoms with Crippen LogP contribution in [-0.2, 0) is 13.0 Å². The summed E-state index contributed by atoms with van der Waals surface area (Å²) in [6.45, 7) is 5.53. The van der Waals surface area contributed by atoms with Crippen LogP contribution in [0.2, 0.25) is 5.02 Å². The predicted octanol–water partition coefficient (Wildman–Crippen LogP) is 5.06. The number of carbonyl (C=O) groups is 1. The molecule has 1 amide bonds. The molecular formula is C30H35ClFN5O2. The van der Waals surface area contributed by atoms with E-state index in [-0.39, 0.29) is 23.5 Å². The summed E-state index contributed by atoms with van der Waals surface area (Å²) in [4.78, 5) is 31.3. The summed E-state index contributed by atoms with van der Waals surface area (Å²) in [7, 11) is 4.00. The topological polar surface area (TPSA) is 62.9 Å². The lowest BCUT2D eigenvalue weighted by Crippen LogP contribution is -2.44. The molecule has 1 unspecified atom stereocenters. The minimum atomic E-state index is -0.385. The van der Waals surface area contributed by atoms with Gasteiger partial charge in [0.05, 0.1) is 22.8 Å². The molecule has 0 spiro atoms. The molecule has 39 heavy (non-hydrogen) atoms. The Hall–Kier alpha value is -3.49. The molecule has 206 valence electrons. The second-order valence-electron chi connectivity index (χ2n) is 10.1. The smallest absolute Gasteiger partial charge is 0.335 e. The number of rotatable bonds is 11. The normalized spacial score (nSPS) is 12.3. The molecule has 0 aliphatic rings. The average Bonchev–Trinajstić information content (AvgIpc) is 3.21. The highest BCUT2D eigenvalue weighted by molar-refractivity contribution is 6.34. The predicted molar refractivity (Wildman–Crippen MR) is 153 cm³/mol. The zero-order valence-electron chi connectivity index (χ0n) is 22.9. The van der Waals surface area contributed by atoms with Gasteiger partial charge in [-0.1, -0.05) is 48.9 Å². The maximum Gasteiger partial charge on any atom is 0.349 e. The fraction of sp³-hybridized carbons (Fsp3) is 0.367. The number of hydrogen-bond donors (Lipinski definition) is 0. The number of fused-ring (bicyclic) bond motifs is 1. The molecule has 7 nitrogen and oxygen atoms in total. The van der Waals surface area contributed by atoms with E-state index in [0.717, 1.165) is 24.2 Å². The monoisotopic (exact) mass is 551 g/mol. The summed E-state index contributed by atoms with van der Waals surface area (Å²) in [6.07, 6.45) is 1.90. The van der Waals surface area contributed by atoms with Crippen molar-refractivity contribution in [3.63, 3.8) is 0 Å². The standard InChI is InChI=1S/C30H35ClFN5O2/c1-5-25(35(17-9-16-34(3)4)29(38)23-12-14-24(32)15-13-23)18-26-19-27-28(31)21(2)33-37(27)30(39)36(26)20-22-10-7-6-8-11-22/h6-8,10-15,19,25H,5,9,16-18,20H2,1-4H3. The summed E-state index contributed by atoms with van der Waals surface area (Å²) >= 11 is 6.54. The van der Waals surface area contributed by atoms with Gasteiger partial charge < -0.3 is 9.80 Å². The molecular weight excluding hydrogens is 517 g/mol. The van der Waals surface area contributed by atoms with Crippen molar-refractivity contribution in [1.82, 2.24) is 24.0 Å². The lowest BCUT2D eigenvalue weighted by atomic mass is 10.0. The van der Waals surface area contributed by atoms with Crippen LogP contribution in [0.4, 0.5) is 4.39 Å². The van der Waals surface area contributed by atoms with Crippen LogP contribution in [0, 0.1) is 12.7 Å². The maximum atomic E-state index is 13.7. The van der Waals surface area contributed by atoms with Crippen molar-refractivity contribution >= 4 is 23.0 Å². The number of benzene rings is 2. The van der Waals surface area contributed by atoms with Crippen molar-refractivity contribution in [3.8, 4) is 0 Å². The molecule has 2 aromatic carbocycles. The summed E-state index contributed by atoms with van der Waals surface area (Å²) in [6, 6.07) is 17.1. The molecule has 2 heterocycles. The minimum Gasteiger partial charge on any atom is -0.335 e. The van der Waals surface area contributed by atoms with Crippen molar-refractivity contribution in [2.45, 2.75) is 45.7 Å². The Balaban J connectivity index is 1.76. The van der Waals surface area contributed by atoms with E-state index in [2.05, 4.69) is 10.00 Å². The Morgan fingerprint density at radius 1 is 1.08 bits per heavy atom. The number of carbonyl (C=O) groups excluding carboxylic acids is 1. The van der Waals surface area contributed by atoms with Gasteiger partial charge in [0.1, 0.15) is 5.82 Å². The zero-order valence-corrected chi connectivity index (χ0v) is 23.7. The highest BCUT2D eigenvalue weighted by atomic mass is 35.5. The Labute approximate surface area is 233 Å². The molecule has 2 aromatic heterocycles. The van der Waals surface area contributed by atoms with Crippen LogP contribution in [0.3, 0.4) is 0 Å². The van der Waals surface area contributed by atoms with Crippen LogP contribution in [0.1, 0.15) is 47.1 Å². The van der Waals surface area contributed by atoms with Crippen LogP contribution < -0.4 is 5.69 Å². The Kier molecular flexibility index (Phi) is 9.20. The SMILES string of the molecule is CCC(Cc1cc2c(Cl)c(C)nn2c(=O)n1Cc1ccccc1)N(CCCN(C)C)C(=O)c1ccc(F)cc1. The first-order chi connectivity index (χ1) is 18.7. The number of amides is 1. The molecule has 9 heteroatoms. The highest BCUT2D eigenvalue weighted by Gasteiger charge is 2.26. The highest BCUT2D eigenvalue weighted by Crippen LogP contribution is 2.23. The molecule has 4 rings (SSSR count). The van der Waals surface area contributed by atoms with Crippen molar-refractivity contribution < 1.29 is 9.18 Å². The van der Waals surface area contributed by atoms with E-state index < -0.39 is 0 Å². The van der Waals surface area contributed by atoms with Crippen molar-refractivity contribution in [2.75, 3.05) is 27.2 Å². The lowest BCUT2D eigenvalue weighted by molar-refractivity contribution is 0.0662. The Bertz CT molecular complexity index is 1480. The van der Waals surface area contributed by atoms with Crippen LogP contribution in [0.15, 0.2) is 65.5 Å². The van der Waals surface area contributed by atoms with Crippen molar-refractivity contribution in [1.29, 1.82) is 0 Å². The van der Waals surface area contributed by atoms with E-state index in [1.165, 1.54) is 28.8 Å². The third-order valence-corrected chi connectivity index (χ3v) is 7.45. The fourth-order valence-corrected chi connectivity index (χ4v) is 5.03. The summed E-state index contributed by atoms with van der Waals surface area (Å²) in [5, 5.41) is 4.82. The van der Waals surface area contributed by atoms with Gasteiger partial charge in [-0.25, -0.2) is 9.18 Å². The van der Waals surface area contributed by atoms with E-state index in [1.807, 2.05) is 62.3 Å². The second-order valence-corrected chi connectivity index (χ2v) is 10.5. The van der Waals surface area contributed by atoms with E-state index in [9.17, 15) is 14.0 Å². The van der Waals surface area contributed by atoms with Gasteiger partial charge in [-0.3, -0.25) is 9.36 Å². The largest absolute Gasteiger partial charge is 0.349 e. The molecule has 0 N–H and O–H groups in total. The Morgan fingerprint density at radius 2 is 1.77 bits per heavy atom. The van der Waals surface area contributed by atoms with Gasteiger partial charge in [0.15, 0.2) is 0 Å². The first-order valence-corrected chi connectivity index (χ1v) is 13.6. The first-order valence-electron chi connectivity index (χ1n) is 13.2. The number of hydrogen-bond acceptors (Lipinski definition) is 4. The number of nitrogens with zero attached hydrogens (tertiary/aromatic N) is 5. The molecule has 0 fully saturated rings. The molecule has 0 aliphatic heterocycles. The third kappa shape index (κ3) is 6.57. The average molecular weight is 552 g/mol. The van der Waals surface area contributed by atoms with Gasteiger partial charge in [0.25, 0.3) is 5.91 Å². The van der Waals surface area contributed by atoms with Gasteiger partial charge in [0.2, 0.25) is 0 Å². The summed E-state index contributed by atoms with van der Waals surface area (Å²) < 4.78 is 16.7. The molecule has 1 atom stereocenters. The molecule has 0 saturated carbocycles. The second kappa shape index (κ2) is 12.6.